The summed E-state index contributed by atoms with van der Waals surface area (Å²) in [6.45, 7) is 6.49. The molecule has 0 aromatic heterocycles. The number of carboxylic acid groups (broad SMARTS) is 1. The van der Waals surface area contributed by atoms with E-state index in [1.807, 2.05) is 18.2 Å². The van der Waals surface area contributed by atoms with Crippen molar-refractivity contribution in [1.29, 1.82) is 0 Å². The van der Waals surface area contributed by atoms with Crippen molar-refractivity contribution in [2.45, 2.75) is 32.1 Å². The van der Waals surface area contributed by atoms with Crippen molar-refractivity contribution in [2.75, 3.05) is 0 Å². The molecule has 2 atom stereocenters. The molecule has 2 aliphatic rings. The number of hydrogen-bond acceptors (Lipinski definition) is 3. The van der Waals surface area contributed by atoms with Crippen LogP contribution in [0.5, 0.6) is 0 Å². The molecule has 1 aromatic rings. The minimum absolute atomic E-state index is 0.155. The van der Waals surface area contributed by atoms with E-state index in [-0.39, 0.29) is 11.5 Å². The molecule has 24 heavy (non-hydrogen) atoms. The van der Waals surface area contributed by atoms with E-state index in [4.69, 9.17) is 0 Å². The summed E-state index contributed by atoms with van der Waals surface area (Å²) in [5.41, 5.74) is 6.17. The zero-order valence-electron chi connectivity index (χ0n) is 13.8. The molecule has 0 bridgehead atoms. The Hall–Kier alpha value is -2.52. The highest BCUT2D eigenvalue weighted by molar-refractivity contribution is 6.83. The quantitative estimate of drug-likeness (QED) is 0.329. The minimum atomic E-state index is -1.53. The van der Waals surface area contributed by atoms with Crippen molar-refractivity contribution in [3.05, 3.63) is 46.7 Å². The van der Waals surface area contributed by atoms with Crippen molar-refractivity contribution >= 4 is 20.1 Å². The summed E-state index contributed by atoms with van der Waals surface area (Å²) in [5.74, 6) is 2.26. The van der Waals surface area contributed by atoms with Crippen LogP contribution >= 0.6 is 0 Å². The number of fused-ring (bicyclic) bond motifs is 3. The van der Waals surface area contributed by atoms with Crippen LogP contribution in [0.4, 0.5) is 4.79 Å². The first-order chi connectivity index (χ1) is 11.2. The van der Waals surface area contributed by atoms with Gasteiger partial charge in [0.15, 0.2) is 0 Å². The summed E-state index contributed by atoms with van der Waals surface area (Å²) in [7, 11) is -1.53. The number of likely N-dealkylation sites (tertiary alicyclic amines) is 1. The monoisotopic (exact) mass is 341 g/mol. The van der Waals surface area contributed by atoms with Crippen LogP contribution in [0.1, 0.15) is 22.7 Å². The van der Waals surface area contributed by atoms with Gasteiger partial charge >= 0.3 is 6.09 Å². The Morgan fingerprint density at radius 2 is 2.08 bits per heavy atom. The normalized spacial score (nSPS) is 23.7. The van der Waals surface area contributed by atoms with Gasteiger partial charge in [0.25, 0.3) is 5.91 Å². The number of carbonyl (C=O) groups excluding carboxylic acids is 1. The molecule has 0 spiro atoms. The maximum atomic E-state index is 12.2. The van der Waals surface area contributed by atoms with Crippen LogP contribution in [0.15, 0.2) is 30.0 Å². The van der Waals surface area contributed by atoms with Gasteiger partial charge in [0.1, 0.15) is 8.07 Å². The van der Waals surface area contributed by atoms with Crippen LogP contribution in [0.25, 0.3) is 0 Å². The molecular weight excluding hydrogens is 322 g/mol. The molecule has 124 valence electrons. The Labute approximate surface area is 141 Å². The predicted octanol–water partition coefficient (Wildman–Crippen LogP) is 3.09. The van der Waals surface area contributed by atoms with Gasteiger partial charge in [-0.05, 0) is 23.6 Å². The Morgan fingerprint density at radius 3 is 2.67 bits per heavy atom. The van der Waals surface area contributed by atoms with Gasteiger partial charge in [-0.1, -0.05) is 37.7 Å². The highest BCUT2D eigenvalue weighted by Crippen LogP contribution is 2.50. The average molecular weight is 341 g/mol. The number of nitrogens with zero attached hydrogens (tertiary/aromatic N) is 1. The lowest BCUT2D eigenvalue weighted by Gasteiger charge is -2.19. The van der Waals surface area contributed by atoms with Crippen molar-refractivity contribution in [2.24, 2.45) is 5.92 Å². The van der Waals surface area contributed by atoms with Crippen LogP contribution in [-0.4, -0.2) is 35.2 Å². The molecule has 2 N–H and O–H groups in total. The summed E-state index contributed by atoms with van der Waals surface area (Å²) in [6, 6.07) is 5.06. The topological polar surface area (TPSA) is 77.8 Å². The molecule has 6 heteroatoms. The van der Waals surface area contributed by atoms with Crippen LogP contribution in [0.2, 0.25) is 19.6 Å². The van der Waals surface area contributed by atoms with Gasteiger partial charge in [-0.2, -0.15) is 0 Å². The second kappa shape index (κ2) is 5.53. The first kappa shape index (κ1) is 16.3. The fourth-order valence-corrected chi connectivity index (χ4v) is 3.92. The van der Waals surface area contributed by atoms with Gasteiger partial charge in [-0.15, -0.1) is 5.54 Å². The van der Waals surface area contributed by atoms with Crippen molar-refractivity contribution < 1.29 is 19.8 Å². The molecule has 1 aliphatic heterocycles. The molecular formula is C18H19NO4Si. The summed E-state index contributed by atoms with van der Waals surface area (Å²) in [6.07, 6.45) is -0.0287. The minimum Gasteiger partial charge on any atom is -0.515 e. The molecule has 1 aromatic carbocycles. The first-order valence-electron chi connectivity index (χ1n) is 7.80. The van der Waals surface area contributed by atoms with E-state index in [2.05, 4.69) is 31.1 Å². The predicted molar refractivity (Wildman–Crippen MR) is 92.2 cm³/mol. The lowest BCUT2D eigenvalue weighted by Crippen LogP contribution is -2.33. The third-order valence-corrected chi connectivity index (χ3v) is 5.27. The van der Waals surface area contributed by atoms with Gasteiger partial charge in [0, 0.05) is 11.5 Å². The van der Waals surface area contributed by atoms with Crippen LogP contribution < -0.4 is 0 Å². The number of hydrogen-bond donors (Lipinski definition) is 2. The lowest BCUT2D eigenvalue weighted by molar-refractivity contribution is -0.124. The van der Waals surface area contributed by atoms with Crippen LogP contribution in [0.3, 0.4) is 0 Å². The first-order valence-corrected chi connectivity index (χ1v) is 11.3. The molecule has 0 saturated carbocycles. The molecule has 5 nitrogen and oxygen atoms in total. The maximum absolute atomic E-state index is 12.2. The second-order valence-electron chi connectivity index (χ2n) is 7.17. The van der Waals surface area contributed by atoms with Crippen molar-refractivity contribution in [1.82, 2.24) is 4.90 Å². The lowest BCUT2D eigenvalue weighted by atomic mass is 9.97. The van der Waals surface area contributed by atoms with E-state index >= 15 is 0 Å². The number of aliphatic hydroxyl groups is 1. The highest BCUT2D eigenvalue weighted by atomic mass is 28.3. The van der Waals surface area contributed by atoms with Gasteiger partial charge < -0.3 is 10.2 Å². The Bertz CT molecular complexity index is 826. The fourth-order valence-electron chi connectivity index (χ4n) is 3.41. The standard InChI is InChI=1S/C18H19NO4Si/c1-24(2,3)8-7-11-5-4-6-12-13(11)9-14-15(10-20)17(21)19(16(12)14)18(22)23/h4-6,10,14,16,20H,9H2,1-3H3,(H,22,23)/b15-10-. The Kier molecular flexibility index (Phi) is 3.77. The molecule has 2 unspecified atom stereocenters. The third-order valence-electron chi connectivity index (χ3n) is 4.40. The second-order valence-corrected chi connectivity index (χ2v) is 11.9. The third kappa shape index (κ3) is 2.51. The zero-order valence-corrected chi connectivity index (χ0v) is 14.8. The molecule has 3 rings (SSSR count). The summed E-state index contributed by atoms with van der Waals surface area (Å²) in [4.78, 5) is 24.6. The molecule has 2 amide bonds. The molecule has 1 fully saturated rings. The molecule has 1 saturated heterocycles. The van der Waals surface area contributed by atoms with Crippen LogP contribution in [0, 0.1) is 17.4 Å². The summed E-state index contributed by atoms with van der Waals surface area (Å²) in [5, 5.41) is 18.8. The van der Waals surface area contributed by atoms with Crippen LogP contribution in [-0.2, 0) is 11.2 Å². The van der Waals surface area contributed by atoms with E-state index < -0.39 is 26.1 Å². The summed E-state index contributed by atoms with van der Waals surface area (Å²) < 4.78 is 0. The Morgan fingerprint density at radius 1 is 1.38 bits per heavy atom. The van der Waals surface area contributed by atoms with Gasteiger partial charge in [0.2, 0.25) is 0 Å². The van der Waals surface area contributed by atoms with E-state index in [0.717, 1.165) is 27.9 Å². The number of carbonyl (C=O) groups is 2. The van der Waals surface area contributed by atoms with Gasteiger partial charge in [0.05, 0.1) is 17.9 Å². The highest BCUT2D eigenvalue weighted by Gasteiger charge is 2.52. The Balaban J connectivity index is 2.12. The smallest absolute Gasteiger partial charge is 0.414 e. The number of amides is 2. The van der Waals surface area contributed by atoms with E-state index in [1.54, 1.807) is 0 Å². The molecule has 1 heterocycles. The SMILES string of the molecule is C[Si](C)(C)C#Cc1cccc2c1CC1/C(=C/O)C(=O)N(C(=O)O)C21. The number of rotatable bonds is 0. The number of benzene rings is 1. The van der Waals surface area contributed by atoms with E-state index in [9.17, 15) is 19.8 Å². The molecule has 1 aliphatic carbocycles. The maximum Gasteiger partial charge on any atom is 0.414 e. The number of imide groups is 1. The van der Waals surface area contributed by atoms with Gasteiger partial charge in [-0.3, -0.25) is 4.79 Å². The van der Waals surface area contributed by atoms with E-state index in [1.165, 1.54) is 0 Å². The summed E-state index contributed by atoms with van der Waals surface area (Å²) >= 11 is 0. The van der Waals surface area contributed by atoms with Gasteiger partial charge in [-0.25, -0.2) is 9.69 Å². The van der Waals surface area contributed by atoms with Crippen molar-refractivity contribution in [3.8, 4) is 11.5 Å². The molecule has 0 radical (unpaired) electrons. The average Bonchev–Trinajstić information content (AvgIpc) is 2.97. The number of aliphatic hydroxyl groups excluding tert-OH is 1. The van der Waals surface area contributed by atoms with E-state index in [0.29, 0.717) is 6.42 Å². The van der Waals surface area contributed by atoms with Crippen molar-refractivity contribution in [3.63, 3.8) is 0 Å². The zero-order chi connectivity index (χ0) is 17.6. The largest absolute Gasteiger partial charge is 0.515 e. The fraction of sp³-hybridized carbons (Fsp3) is 0.333.